The molecule has 0 atom stereocenters. The average Bonchev–Trinajstić information content (AvgIpc) is 3.30. The Labute approximate surface area is 248 Å². The third-order valence-corrected chi connectivity index (χ3v) is 6.75. The summed E-state index contributed by atoms with van der Waals surface area (Å²) in [5.74, 6) is -0.138. The van der Waals surface area contributed by atoms with E-state index in [0.29, 0.717) is 45.8 Å². The van der Waals surface area contributed by atoms with Gasteiger partial charge in [0, 0.05) is 53.2 Å². The Morgan fingerprint density at radius 2 is 1.69 bits per heavy atom. The molecule has 0 spiro atoms. The highest BCUT2D eigenvalue weighted by Gasteiger charge is 2.14. The van der Waals surface area contributed by atoms with Crippen LogP contribution in [0.5, 0.6) is 0 Å². The van der Waals surface area contributed by atoms with E-state index in [2.05, 4.69) is 25.9 Å². The number of nitrogens with zero attached hydrogens (tertiary/aromatic N) is 4. The van der Waals surface area contributed by atoms with E-state index in [4.69, 9.17) is 11.6 Å². The van der Waals surface area contributed by atoms with Crippen molar-refractivity contribution in [2.24, 2.45) is 7.05 Å². The Hall–Kier alpha value is -4.99. The van der Waals surface area contributed by atoms with Gasteiger partial charge >= 0.3 is 0 Å². The predicted molar refractivity (Wildman–Crippen MR) is 169 cm³/mol. The van der Waals surface area contributed by atoms with Crippen LogP contribution in [0.1, 0.15) is 10.4 Å². The number of halogens is 1. The highest BCUT2D eigenvalue weighted by atomic mass is 35.5. The van der Waals surface area contributed by atoms with Crippen LogP contribution < -0.4 is 16.0 Å². The van der Waals surface area contributed by atoms with E-state index in [1.54, 1.807) is 48.7 Å². The molecule has 10 heteroatoms. The molecule has 0 unspecified atom stereocenters. The van der Waals surface area contributed by atoms with Gasteiger partial charge < -0.3 is 25.4 Å². The van der Waals surface area contributed by atoms with Crippen LogP contribution in [0.4, 0.5) is 23.0 Å². The van der Waals surface area contributed by atoms with Crippen molar-refractivity contribution in [2.45, 2.75) is 0 Å². The summed E-state index contributed by atoms with van der Waals surface area (Å²) in [6.45, 7) is 0.669. The fourth-order valence-corrected chi connectivity index (χ4v) is 4.58. The largest absolute Gasteiger partial charge is 0.342 e. The van der Waals surface area contributed by atoms with Gasteiger partial charge in [-0.1, -0.05) is 41.9 Å². The Morgan fingerprint density at radius 3 is 2.45 bits per heavy atom. The number of aryl methyl sites for hydroxylation is 1. The van der Waals surface area contributed by atoms with Crippen molar-refractivity contribution in [3.8, 4) is 11.4 Å². The minimum atomic E-state index is -0.281. The minimum Gasteiger partial charge on any atom is -0.342 e. The van der Waals surface area contributed by atoms with Gasteiger partial charge in [-0.3, -0.25) is 9.59 Å². The van der Waals surface area contributed by atoms with Crippen molar-refractivity contribution in [1.29, 1.82) is 0 Å². The zero-order valence-corrected chi connectivity index (χ0v) is 24.2. The van der Waals surface area contributed by atoms with E-state index in [0.717, 1.165) is 16.6 Å². The van der Waals surface area contributed by atoms with Gasteiger partial charge in [-0.2, -0.15) is 0 Å². The molecular formula is C32H30ClN7O2. The molecule has 0 bridgehead atoms. The summed E-state index contributed by atoms with van der Waals surface area (Å²) >= 11 is 6.50. The fraction of sp³-hybridized carbons (Fsp3) is 0.125. The van der Waals surface area contributed by atoms with Gasteiger partial charge in [0.1, 0.15) is 5.69 Å². The maximum atomic E-state index is 12.9. The molecule has 0 aliphatic rings. The molecule has 2 amide bonds. The average molecular weight is 580 g/mol. The first-order valence-electron chi connectivity index (χ1n) is 13.2. The van der Waals surface area contributed by atoms with Crippen molar-refractivity contribution in [3.63, 3.8) is 0 Å². The normalized spacial score (nSPS) is 11.3. The first-order chi connectivity index (χ1) is 20.3. The highest BCUT2D eigenvalue weighted by molar-refractivity contribution is 6.33. The second kappa shape index (κ2) is 12.7. The van der Waals surface area contributed by atoms with E-state index in [-0.39, 0.29) is 11.8 Å². The SMILES string of the molecule is CN(C)C/C=C/C(=O)Nc1ccc(C(=O)Nc2cccc(Nc3ncc(Cl)c(-c4cc5ccccc5n4C)n3)c2)cc1. The number of likely N-dealkylation sites (N-methyl/N-ethyl adjacent to an activating group) is 1. The quantitative estimate of drug-likeness (QED) is 0.176. The van der Waals surface area contributed by atoms with Gasteiger partial charge in [0.25, 0.3) is 5.91 Å². The van der Waals surface area contributed by atoms with Crippen LogP contribution in [0, 0.1) is 0 Å². The van der Waals surface area contributed by atoms with Crippen LogP contribution in [0.3, 0.4) is 0 Å². The number of carbonyl (C=O) groups is 2. The first-order valence-corrected chi connectivity index (χ1v) is 13.6. The number of hydrogen-bond donors (Lipinski definition) is 3. The Morgan fingerprint density at radius 1 is 0.929 bits per heavy atom. The van der Waals surface area contributed by atoms with E-state index < -0.39 is 0 Å². The predicted octanol–water partition coefficient (Wildman–Crippen LogP) is 6.34. The van der Waals surface area contributed by atoms with Crippen LogP contribution in [0.2, 0.25) is 5.02 Å². The van der Waals surface area contributed by atoms with E-state index in [1.165, 1.54) is 6.08 Å². The molecule has 3 aromatic carbocycles. The molecule has 0 aliphatic carbocycles. The van der Waals surface area contributed by atoms with Crippen molar-refractivity contribution in [3.05, 3.63) is 108 Å². The number of amides is 2. The third kappa shape index (κ3) is 6.83. The highest BCUT2D eigenvalue weighted by Crippen LogP contribution is 2.31. The van der Waals surface area contributed by atoms with Crippen LogP contribution in [-0.2, 0) is 11.8 Å². The van der Waals surface area contributed by atoms with Gasteiger partial charge in [-0.15, -0.1) is 0 Å². The molecule has 5 aromatic rings. The molecule has 2 heterocycles. The maximum absolute atomic E-state index is 12.9. The molecule has 212 valence electrons. The van der Waals surface area contributed by atoms with Crippen molar-refractivity contribution < 1.29 is 9.59 Å². The van der Waals surface area contributed by atoms with Crippen molar-refractivity contribution in [1.82, 2.24) is 19.4 Å². The summed E-state index contributed by atoms with van der Waals surface area (Å²) < 4.78 is 2.05. The molecule has 5 rings (SSSR count). The summed E-state index contributed by atoms with van der Waals surface area (Å²) in [4.78, 5) is 35.9. The number of anilines is 4. The minimum absolute atomic E-state index is 0.229. The number of nitrogens with one attached hydrogen (secondary N) is 3. The van der Waals surface area contributed by atoms with E-state index >= 15 is 0 Å². The number of fused-ring (bicyclic) bond motifs is 1. The lowest BCUT2D eigenvalue weighted by Gasteiger charge is -2.11. The lowest BCUT2D eigenvalue weighted by Crippen LogP contribution is -2.13. The molecule has 9 nitrogen and oxygen atoms in total. The standard InChI is InChI=1S/C32H30ClN7O2/c1-39(2)17-7-12-29(41)35-23-15-13-21(14-16-23)31(42)36-24-9-6-10-25(19-24)37-32-34-20-26(33)30(38-32)28-18-22-8-4-5-11-27(22)40(28)3/h4-16,18-20H,17H2,1-3H3,(H,35,41)(H,36,42)(H,34,37,38)/b12-7+. The van der Waals surface area contributed by atoms with E-state index in [9.17, 15) is 9.59 Å². The topological polar surface area (TPSA) is 104 Å². The van der Waals surface area contributed by atoms with Gasteiger partial charge in [-0.05, 0) is 68.7 Å². The third-order valence-electron chi connectivity index (χ3n) is 6.47. The zero-order chi connectivity index (χ0) is 29.6. The van der Waals surface area contributed by atoms with Crippen LogP contribution in [0.25, 0.3) is 22.3 Å². The number of aromatic nitrogens is 3. The number of hydrogen-bond acceptors (Lipinski definition) is 6. The molecule has 0 saturated heterocycles. The smallest absolute Gasteiger partial charge is 0.255 e. The first kappa shape index (κ1) is 28.5. The molecule has 0 saturated carbocycles. The van der Waals surface area contributed by atoms with E-state index in [1.807, 2.05) is 73.1 Å². The maximum Gasteiger partial charge on any atom is 0.255 e. The second-order valence-corrected chi connectivity index (χ2v) is 10.3. The van der Waals surface area contributed by atoms with Gasteiger partial charge in [0.05, 0.1) is 16.9 Å². The molecular weight excluding hydrogens is 550 g/mol. The second-order valence-electron chi connectivity index (χ2n) is 9.93. The number of carbonyl (C=O) groups excluding carboxylic acids is 2. The molecule has 42 heavy (non-hydrogen) atoms. The Kier molecular flexibility index (Phi) is 8.61. The van der Waals surface area contributed by atoms with Crippen LogP contribution in [0.15, 0.2) is 97.2 Å². The van der Waals surface area contributed by atoms with Crippen LogP contribution in [-0.4, -0.2) is 51.9 Å². The molecule has 0 fully saturated rings. The van der Waals surface area contributed by atoms with Gasteiger partial charge in [-0.25, -0.2) is 9.97 Å². The summed E-state index contributed by atoms with van der Waals surface area (Å²) in [6.07, 6.45) is 4.84. The zero-order valence-electron chi connectivity index (χ0n) is 23.4. The van der Waals surface area contributed by atoms with Gasteiger partial charge in [0.15, 0.2) is 0 Å². The number of para-hydroxylation sites is 1. The summed E-state index contributed by atoms with van der Waals surface area (Å²) in [5, 5.41) is 10.4. The molecule has 0 aliphatic heterocycles. The van der Waals surface area contributed by atoms with Crippen molar-refractivity contribution in [2.75, 3.05) is 36.6 Å². The number of benzene rings is 3. The Bertz CT molecular complexity index is 1780. The van der Waals surface area contributed by atoms with Crippen LogP contribution >= 0.6 is 11.6 Å². The fourth-order valence-electron chi connectivity index (χ4n) is 4.39. The number of rotatable bonds is 9. The Balaban J connectivity index is 1.25. The molecule has 2 aromatic heterocycles. The summed E-state index contributed by atoms with van der Waals surface area (Å²) in [6, 6.07) is 24.1. The summed E-state index contributed by atoms with van der Waals surface area (Å²) in [5.41, 5.74) is 4.90. The monoisotopic (exact) mass is 579 g/mol. The molecule has 0 radical (unpaired) electrons. The van der Waals surface area contributed by atoms with Gasteiger partial charge in [0.2, 0.25) is 11.9 Å². The van der Waals surface area contributed by atoms with Crippen molar-refractivity contribution >= 4 is 57.3 Å². The molecule has 3 N–H and O–H groups in total. The summed E-state index contributed by atoms with van der Waals surface area (Å²) in [7, 11) is 5.83. The lowest BCUT2D eigenvalue weighted by atomic mass is 10.2. The lowest BCUT2D eigenvalue weighted by molar-refractivity contribution is -0.111.